The molecule has 0 saturated carbocycles. The molecule has 0 aliphatic heterocycles. The number of aromatic nitrogens is 2. The second-order valence-electron chi connectivity index (χ2n) is 4.79. The fraction of sp³-hybridized carbons (Fsp3) is 0.176. The third kappa shape index (κ3) is 2.35. The lowest BCUT2D eigenvalue weighted by molar-refractivity contribution is 0.432. The Morgan fingerprint density at radius 1 is 1.00 bits per heavy atom. The number of hydrogen-bond acceptors (Lipinski definition) is 3. The van der Waals surface area contributed by atoms with Crippen molar-refractivity contribution >= 4 is 0 Å². The summed E-state index contributed by atoms with van der Waals surface area (Å²) in [4.78, 5) is 4.49. The molecule has 0 N–H and O–H groups in total. The van der Waals surface area contributed by atoms with Crippen molar-refractivity contribution in [3.63, 3.8) is 0 Å². The smallest absolute Gasteiger partial charge is 0.258 e. The van der Waals surface area contributed by atoms with Crippen molar-refractivity contribution in [2.24, 2.45) is 0 Å². The number of nitrogens with zero attached hydrogens (tertiary/aromatic N) is 2. The molecule has 0 atom stereocenters. The van der Waals surface area contributed by atoms with E-state index in [1.54, 1.807) is 0 Å². The monoisotopic (exact) mass is 264 g/mol. The van der Waals surface area contributed by atoms with E-state index in [0.717, 1.165) is 23.1 Å². The van der Waals surface area contributed by atoms with Gasteiger partial charge in [-0.25, -0.2) is 0 Å². The lowest BCUT2D eigenvalue weighted by atomic mass is 10.1. The van der Waals surface area contributed by atoms with Gasteiger partial charge in [-0.1, -0.05) is 48.5 Å². The molecule has 20 heavy (non-hydrogen) atoms. The molecule has 3 rings (SSSR count). The van der Waals surface area contributed by atoms with E-state index in [9.17, 15) is 0 Å². The number of rotatable bonds is 3. The van der Waals surface area contributed by atoms with Crippen molar-refractivity contribution in [3.05, 3.63) is 59.7 Å². The van der Waals surface area contributed by atoms with E-state index < -0.39 is 0 Å². The van der Waals surface area contributed by atoms with Gasteiger partial charge in [-0.15, -0.1) is 0 Å². The first kappa shape index (κ1) is 12.6. The average Bonchev–Trinajstić information content (AvgIpc) is 2.97. The molecule has 3 nitrogen and oxygen atoms in total. The summed E-state index contributed by atoms with van der Waals surface area (Å²) in [7, 11) is 0. The molecule has 1 aromatic heterocycles. The summed E-state index contributed by atoms with van der Waals surface area (Å²) in [6.45, 7) is 4.18. The molecule has 1 heterocycles. The molecule has 100 valence electrons. The second kappa shape index (κ2) is 5.29. The maximum atomic E-state index is 5.37. The first-order valence-electron chi connectivity index (χ1n) is 6.77. The Balaban J connectivity index is 1.95. The number of aryl methyl sites for hydroxylation is 2. The maximum absolute atomic E-state index is 5.37. The first-order valence-corrected chi connectivity index (χ1v) is 6.77. The molecule has 0 radical (unpaired) electrons. The van der Waals surface area contributed by atoms with Gasteiger partial charge >= 0.3 is 0 Å². The SMILES string of the molecule is CCc1ccc(-c2nc(-c3ccccc3C)no2)cc1. The van der Waals surface area contributed by atoms with Crippen molar-refractivity contribution in [1.82, 2.24) is 10.1 Å². The summed E-state index contributed by atoms with van der Waals surface area (Å²) < 4.78 is 5.37. The molecule has 2 aromatic carbocycles. The van der Waals surface area contributed by atoms with Crippen LogP contribution in [0.2, 0.25) is 0 Å². The van der Waals surface area contributed by atoms with Gasteiger partial charge in [0.25, 0.3) is 5.89 Å². The van der Waals surface area contributed by atoms with Crippen LogP contribution >= 0.6 is 0 Å². The van der Waals surface area contributed by atoms with Gasteiger partial charge in [-0.3, -0.25) is 0 Å². The zero-order valence-electron chi connectivity index (χ0n) is 11.6. The molecule has 0 bridgehead atoms. The molecule has 0 aliphatic carbocycles. The highest BCUT2D eigenvalue weighted by Crippen LogP contribution is 2.24. The van der Waals surface area contributed by atoms with Gasteiger partial charge in [0.2, 0.25) is 5.82 Å². The van der Waals surface area contributed by atoms with Gasteiger partial charge in [0.15, 0.2) is 0 Å². The van der Waals surface area contributed by atoms with Crippen molar-refractivity contribution in [3.8, 4) is 22.8 Å². The molecule has 3 heteroatoms. The summed E-state index contributed by atoms with van der Waals surface area (Å²) in [5.41, 5.74) is 4.40. The van der Waals surface area contributed by atoms with Crippen molar-refractivity contribution < 1.29 is 4.52 Å². The minimum absolute atomic E-state index is 0.561. The van der Waals surface area contributed by atoms with Crippen LogP contribution in [0.4, 0.5) is 0 Å². The lowest BCUT2D eigenvalue weighted by Gasteiger charge is -1.98. The van der Waals surface area contributed by atoms with Gasteiger partial charge in [-0.05, 0) is 36.6 Å². The molecule has 0 unspecified atom stereocenters. The van der Waals surface area contributed by atoms with Crippen LogP contribution in [-0.4, -0.2) is 10.1 Å². The third-order valence-corrected chi connectivity index (χ3v) is 3.42. The van der Waals surface area contributed by atoms with Crippen LogP contribution < -0.4 is 0 Å². The Bertz CT molecular complexity index is 714. The van der Waals surface area contributed by atoms with Gasteiger partial charge in [-0.2, -0.15) is 4.98 Å². The van der Waals surface area contributed by atoms with Gasteiger partial charge in [0.1, 0.15) is 0 Å². The first-order chi connectivity index (χ1) is 9.78. The van der Waals surface area contributed by atoms with E-state index in [-0.39, 0.29) is 0 Å². The van der Waals surface area contributed by atoms with Crippen molar-refractivity contribution in [2.75, 3.05) is 0 Å². The minimum atomic E-state index is 0.561. The predicted molar refractivity (Wildman–Crippen MR) is 79.3 cm³/mol. The maximum Gasteiger partial charge on any atom is 0.258 e. The van der Waals surface area contributed by atoms with Crippen molar-refractivity contribution in [2.45, 2.75) is 20.3 Å². The average molecular weight is 264 g/mol. The quantitative estimate of drug-likeness (QED) is 0.709. The van der Waals surface area contributed by atoms with Crippen LogP contribution in [0, 0.1) is 6.92 Å². The highest BCUT2D eigenvalue weighted by molar-refractivity contribution is 5.62. The number of benzene rings is 2. The topological polar surface area (TPSA) is 38.9 Å². The van der Waals surface area contributed by atoms with Crippen LogP contribution in [-0.2, 0) is 6.42 Å². The lowest BCUT2D eigenvalue weighted by Crippen LogP contribution is -1.85. The minimum Gasteiger partial charge on any atom is -0.334 e. The van der Waals surface area contributed by atoms with Crippen LogP contribution in [0.25, 0.3) is 22.8 Å². The van der Waals surface area contributed by atoms with Crippen LogP contribution in [0.1, 0.15) is 18.1 Å². The summed E-state index contributed by atoms with van der Waals surface area (Å²) >= 11 is 0. The molecule has 0 spiro atoms. The van der Waals surface area contributed by atoms with Crippen LogP contribution in [0.15, 0.2) is 53.1 Å². The van der Waals surface area contributed by atoms with Crippen molar-refractivity contribution in [1.29, 1.82) is 0 Å². The number of hydrogen-bond donors (Lipinski definition) is 0. The summed E-state index contributed by atoms with van der Waals surface area (Å²) in [5, 5.41) is 4.08. The van der Waals surface area contributed by atoms with Gasteiger partial charge in [0.05, 0.1) is 0 Å². The third-order valence-electron chi connectivity index (χ3n) is 3.42. The largest absolute Gasteiger partial charge is 0.334 e. The Morgan fingerprint density at radius 2 is 1.75 bits per heavy atom. The predicted octanol–water partition coefficient (Wildman–Crippen LogP) is 4.27. The summed E-state index contributed by atoms with van der Waals surface area (Å²) in [5.74, 6) is 1.20. The highest BCUT2D eigenvalue weighted by atomic mass is 16.5. The zero-order chi connectivity index (χ0) is 13.9. The van der Waals surface area contributed by atoms with E-state index in [4.69, 9.17) is 4.52 Å². The molecular weight excluding hydrogens is 248 g/mol. The van der Waals surface area contributed by atoms with E-state index in [1.165, 1.54) is 5.56 Å². The molecule has 0 saturated heterocycles. The summed E-state index contributed by atoms with van der Waals surface area (Å²) in [6.07, 6.45) is 1.03. The van der Waals surface area contributed by atoms with E-state index >= 15 is 0 Å². The molecule has 3 aromatic rings. The Labute approximate surface area is 118 Å². The molecule has 0 amide bonds. The highest BCUT2D eigenvalue weighted by Gasteiger charge is 2.11. The van der Waals surface area contributed by atoms with Gasteiger partial charge in [0, 0.05) is 11.1 Å². The second-order valence-corrected chi connectivity index (χ2v) is 4.79. The fourth-order valence-electron chi connectivity index (χ4n) is 2.16. The standard InChI is InChI=1S/C17H16N2O/c1-3-13-8-10-14(11-9-13)17-18-16(19-20-17)15-7-5-4-6-12(15)2/h4-11H,3H2,1-2H3. The summed E-state index contributed by atoms with van der Waals surface area (Å²) in [6, 6.07) is 16.3. The van der Waals surface area contributed by atoms with Crippen LogP contribution in [0.5, 0.6) is 0 Å². The van der Waals surface area contributed by atoms with E-state index in [2.05, 4.69) is 29.2 Å². The Kier molecular flexibility index (Phi) is 3.33. The Hall–Kier alpha value is -2.42. The van der Waals surface area contributed by atoms with Gasteiger partial charge < -0.3 is 4.52 Å². The molecular formula is C17H16N2O. The fourth-order valence-corrected chi connectivity index (χ4v) is 2.16. The van der Waals surface area contributed by atoms with Crippen LogP contribution in [0.3, 0.4) is 0 Å². The molecule has 0 fully saturated rings. The zero-order valence-corrected chi connectivity index (χ0v) is 11.6. The van der Waals surface area contributed by atoms with E-state index in [0.29, 0.717) is 11.7 Å². The Morgan fingerprint density at radius 3 is 2.45 bits per heavy atom. The normalized spacial score (nSPS) is 10.7. The molecule has 0 aliphatic rings. The van der Waals surface area contributed by atoms with E-state index in [1.807, 2.05) is 43.3 Å².